The lowest BCUT2D eigenvalue weighted by Gasteiger charge is -2.10. The van der Waals surface area contributed by atoms with E-state index in [9.17, 15) is 0 Å². The first kappa shape index (κ1) is 35.7. The van der Waals surface area contributed by atoms with Crippen LogP contribution < -0.4 is 0 Å². The molecule has 0 unspecified atom stereocenters. The van der Waals surface area contributed by atoms with Crippen LogP contribution in [0, 0.1) is 0 Å². The number of furan rings is 1. The maximum Gasteiger partial charge on any atom is 0.164 e. The van der Waals surface area contributed by atoms with Crippen molar-refractivity contribution in [2.45, 2.75) is 0 Å². The van der Waals surface area contributed by atoms with E-state index < -0.39 is 0 Å². The Balaban J connectivity index is 0.988. The number of hydrogen-bond acceptors (Lipinski definition) is 7. The van der Waals surface area contributed by atoms with E-state index in [1.54, 1.807) is 0 Å². The van der Waals surface area contributed by atoms with Crippen LogP contribution >= 0.6 is 0 Å². The summed E-state index contributed by atoms with van der Waals surface area (Å²) in [5.74, 6) is 3.63. The molecule has 0 radical (unpaired) electrons. The minimum Gasteiger partial charge on any atom is -0.456 e. The third kappa shape index (κ3) is 7.00. The second-order valence-corrected chi connectivity index (χ2v) is 14.7. The first-order valence-corrected chi connectivity index (χ1v) is 20.1. The largest absolute Gasteiger partial charge is 0.456 e. The number of aromatic nitrogens is 6. The van der Waals surface area contributed by atoms with Gasteiger partial charge in [-0.2, -0.15) is 0 Å². The van der Waals surface area contributed by atoms with Crippen LogP contribution in [0.25, 0.3) is 113 Å². The molecule has 0 saturated heterocycles. The lowest BCUT2D eigenvalue weighted by molar-refractivity contribution is 0.669. The van der Waals surface area contributed by atoms with Crippen molar-refractivity contribution in [3.63, 3.8) is 0 Å². The maximum atomic E-state index is 6.47. The second-order valence-electron chi connectivity index (χ2n) is 14.7. The molecule has 11 aromatic rings. The fourth-order valence-electron chi connectivity index (χ4n) is 7.73. The van der Waals surface area contributed by atoms with E-state index in [0.717, 1.165) is 77.6 Å². The Hall–Kier alpha value is -8.42. The molecule has 0 atom stereocenters. The molecule has 0 aliphatic rings. The van der Waals surface area contributed by atoms with E-state index in [-0.39, 0.29) is 0 Å². The smallest absolute Gasteiger partial charge is 0.164 e. The van der Waals surface area contributed by atoms with Crippen LogP contribution in [-0.4, -0.2) is 29.9 Å². The van der Waals surface area contributed by atoms with Gasteiger partial charge in [0.15, 0.2) is 34.9 Å². The molecule has 286 valence electrons. The highest BCUT2D eigenvalue weighted by atomic mass is 16.3. The Morgan fingerprint density at radius 2 is 0.590 bits per heavy atom. The molecule has 0 fully saturated rings. The summed E-state index contributed by atoms with van der Waals surface area (Å²) >= 11 is 0. The van der Waals surface area contributed by atoms with Gasteiger partial charge in [0.1, 0.15) is 11.2 Å². The average molecular weight is 783 g/mol. The molecule has 0 saturated carbocycles. The Morgan fingerprint density at radius 3 is 1.05 bits per heavy atom. The SMILES string of the molecule is c1ccc(-c2ccc(-c3nc(-c4ccccc4)nc(-c4cccc5oc6ccc(-c7ccc(-c8nc(-c9ccccc9)nc(-c9ccccc9)n8)cc7)cc6c45)n3)cc2)cc1. The van der Waals surface area contributed by atoms with Crippen LogP contribution in [0.2, 0.25) is 0 Å². The van der Waals surface area contributed by atoms with Crippen molar-refractivity contribution < 1.29 is 4.42 Å². The summed E-state index contributed by atoms with van der Waals surface area (Å²) in [5.41, 5.74) is 11.3. The van der Waals surface area contributed by atoms with E-state index in [4.69, 9.17) is 34.3 Å². The molecule has 11 rings (SSSR count). The quantitative estimate of drug-likeness (QED) is 0.152. The van der Waals surface area contributed by atoms with Crippen LogP contribution in [0.3, 0.4) is 0 Å². The highest BCUT2D eigenvalue weighted by molar-refractivity contribution is 6.12. The van der Waals surface area contributed by atoms with Gasteiger partial charge in [-0.15, -0.1) is 0 Å². The number of nitrogens with zero attached hydrogens (tertiary/aromatic N) is 6. The molecule has 8 aromatic carbocycles. The average Bonchev–Trinajstić information content (AvgIpc) is 3.73. The minimum absolute atomic E-state index is 0.570. The molecule has 0 aliphatic carbocycles. The van der Waals surface area contributed by atoms with Gasteiger partial charge < -0.3 is 4.42 Å². The highest BCUT2D eigenvalue weighted by Crippen LogP contribution is 2.39. The zero-order valence-electron chi connectivity index (χ0n) is 32.7. The molecule has 3 aromatic heterocycles. The number of rotatable bonds is 8. The van der Waals surface area contributed by atoms with E-state index in [1.807, 2.05) is 115 Å². The molecule has 0 bridgehead atoms. The van der Waals surface area contributed by atoms with Gasteiger partial charge in [-0.1, -0.05) is 188 Å². The third-order valence-electron chi connectivity index (χ3n) is 10.8. The van der Waals surface area contributed by atoms with Gasteiger partial charge in [-0.05, 0) is 40.5 Å². The van der Waals surface area contributed by atoms with Gasteiger partial charge in [0.25, 0.3) is 0 Å². The standard InChI is InChI=1S/C54H34N6O/c1-5-14-35(15-6-1)36-24-28-42(29-25-36)53-58-51(40-20-11-4-12-21-40)59-54(60-53)44-22-13-23-47-48(44)45-34-43(32-33-46(45)61-47)37-26-30-41(31-27-37)52-56-49(38-16-7-2-8-17-38)55-50(57-52)39-18-9-3-10-19-39/h1-34H. The molecular weight excluding hydrogens is 749 g/mol. The fourth-order valence-corrected chi connectivity index (χ4v) is 7.73. The van der Waals surface area contributed by atoms with Crippen LogP contribution in [0.15, 0.2) is 211 Å². The zero-order valence-corrected chi connectivity index (χ0v) is 32.7. The Labute approximate surface area is 351 Å². The Kier molecular flexibility index (Phi) is 9.02. The summed E-state index contributed by atoms with van der Waals surface area (Å²) in [6.07, 6.45) is 0. The van der Waals surface area contributed by atoms with Gasteiger partial charge >= 0.3 is 0 Å². The van der Waals surface area contributed by atoms with E-state index in [0.29, 0.717) is 34.9 Å². The molecule has 0 spiro atoms. The summed E-state index contributed by atoms with van der Waals surface area (Å²) in [6.45, 7) is 0. The van der Waals surface area contributed by atoms with Crippen molar-refractivity contribution >= 4 is 21.9 Å². The maximum absolute atomic E-state index is 6.47. The van der Waals surface area contributed by atoms with Gasteiger partial charge in [0, 0.05) is 44.2 Å². The summed E-state index contributed by atoms with van der Waals surface area (Å²) in [6, 6.07) is 69.5. The van der Waals surface area contributed by atoms with Crippen LogP contribution in [0.4, 0.5) is 0 Å². The zero-order chi connectivity index (χ0) is 40.5. The second kappa shape index (κ2) is 15.4. The van der Waals surface area contributed by atoms with Gasteiger partial charge in [0.05, 0.1) is 0 Å². The molecule has 7 nitrogen and oxygen atoms in total. The lowest BCUT2D eigenvalue weighted by atomic mass is 9.99. The lowest BCUT2D eigenvalue weighted by Crippen LogP contribution is -2.00. The predicted octanol–water partition coefficient (Wildman–Crippen LogP) is 13.3. The first-order chi connectivity index (χ1) is 30.2. The summed E-state index contributed by atoms with van der Waals surface area (Å²) in [4.78, 5) is 29.9. The first-order valence-electron chi connectivity index (χ1n) is 20.1. The normalized spacial score (nSPS) is 11.3. The summed E-state index contributed by atoms with van der Waals surface area (Å²) in [7, 11) is 0. The number of benzene rings is 8. The summed E-state index contributed by atoms with van der Waals surface area (Å²) in [5, 5.41) is 1.92. The topological polar surface area (TPSA) is 90.5 Å². The van der Waals surface area contributed by atoms with Crippen molar-refractivity contribution in [3.8, 4) is 90.6 Å². The monoisotopic (exact) mass is 782 g/mol. The van der Waals surface area contributed by atoms with E-state index in [1.165, 1.54) is 0 Å². The fraction of sp³-hybridized carbons (Fsp3) is 0. The molecule has 3 heterocycles. The van der Waals surface area contributed by atoms with Gasteiger partial charge in [-0.3, -0.25) is 0 Å². The van der Waals surface area contributed by atoms with E-state index in [2.05, 4.69) is 91.0 Å². The number of fused-ring (bicyclic) bond motifs is 3. The van der Waals surface area contributed by atoms with Gasteiger partial charge in [0.2, 0.25) is 0 Å². The van der Waals surface area contributed by atoms with Gasteiger partial charge in [-0.25, -0.2) is 29.9 Å². The molecular formula is C54H34N6O. The predicted molar refractivity (Wildman–Crippen MR) is 244 cm³/mol. The third-order valence-corrected chi connectivity index (χ3v) is 10.8. The molecule has 7 heteroatoms. The highest BCUT2D eigenvalue weighted by Gasteiger charge is 2.19. The van der Waals surface area contributed by atoms with Crippen molar-refractivity contribution in [1.82, 2.24) is 29.9 Å². The van der Waals surface area contributed by atoms with Crippen molar-refractivity contribution in [2.75, 3.05) is 0 Å². The minimum atomic E-state index is 0.570. The molecule has 61 heavy (non-hydrogen) atoms. The molecule has 0 N–H and O–H groups in total. The van der Waals surface area contributed by atoms with Crippen LogP contribution in [-0.2, 0) is 0 Å². The van der Waals surface area contributed by atoms with Crippen LogP contribution in [0.5, 0.6) is 0 Å². The van der Waals surface area contributed by atoms with E-state index >= 15 is 0 Å². The summed E-state index contributed by atoms with van der Waals surface area (Å²) < 4.78 is 6.47. The Morgan fingerprint density at radius 1 is 0.246 bits per heavy atom. The molecule has 0 amide bonds. The van der Waals surface area contributed by atoms with Crippen molar-refractivity contribution in [3.05, 3.63) is 206 Å². The molecule has 0 aliphatic heterocycles. The van der Waals surface area contributed by atoms with Crippen molar-refractivity contribution in [2.24, 2.45) is 0 Å². The Bertz CT molecular complexity index is 3260. The van der Waals surface area contributed by atoms with Crippen molar-refractivity contribution in [1.29, 1.82) is 0 Å². The van der Waals surface area contributed by atoms with Crippen LogP contribution in [0.1, 0.15) is 0 Å². The number of hydrogen-bond donors (Lipinski definition) is 0.